The van der Waals surface area contributed by atoms with Gasteiger partial charge in [0.25, 0.3) is 0 Å². The summed E-state index contributed by atoms with van der Waals surface area (Å²) in [6, 6.07) is 12.0. The van der Waals surface area contributed by atoms with Crippen molar-refractivity contribution in [3.8, 4) is 0 Å². The molecular formula is C23H26N2O3. The van der Waals surface area contributed by atoms with Gasteiger partial charge in [0.1, 0.15) is 0 Å². The van der Waals surface area contributed by atoms with E-state index in [0.29, 0.717) is 12.1 Å². The second kappa shape index (κ2) is 7.04. The van der Waals surface area contributed by atoms with Crippen LogP contribution in [0.25, 0.3) is 0 Å². The van der Waals surface area contributed by atoms with E-state index >= 15 is 0 Å². The molecule has 1 saturated carbocycles. The second-order valence-corrected chi connectivity index (χ2v) is 8.23. The van der Waals surface area contributed by atoms with Crippen molar-refractivity contribution < 1.29 is 14.4 Å². The van der Waals surface area contributed by atoms with Gasteiger partial charge in [0.15, 0.2) is 5.78 Å². The third-order valence-electron chi connectivity index (χ3n) is 6.41. The quantitative estimate of drug-likeness (QED) is 0.589. The number of Topliss-reactive ketones (excluding diaryl/α,β-unsaturated/α-hetero) is 1. The first-order valence-electron chi connectivity index (χ1n) is 10.00. The number of hydrogen-bond donors (Lipinski definition) is 0. The van der Waals surface area contributed by atoms with Crippen molar-refractivity contribution in [3.05, 3.63) is 58.9 Å². The van der Waals surface area contributed by atoms with Crippen LogP contribution in [-0.4, -0.2) is 33.6 Å². The molecule has 2 amide bonds. The molecule has 0 unspecified atom stereocenters. The molecule has 1 aliphatic heterocycles. The summed E-state index contributed by atoms with van der Waals surface area (Å²) in [7, 11) is 0. The maximum absolute atomic E-state index is 13.0. The van der Waals surface area contributed by atoms with Gasteiger partial charge in [-0.2, -0.15) is 0 Å². The molecule has 1 spiro atoms. The van der Waals surface area contributed by atoms with E-state index in [1.807, 2.05) is 38.1 Å². The lowest BCUT2D eigenvalue weighted by Crippen LogP contribution is -2.38. The van der Waals surface area contributed by atoms with Crippen LogP contribution >= 0.6 is 0 Å². The largest absolute Gasteiger partial charge is 0.344 e. The van der Waals surface area contributed by atoms with Crippen LogP contribution in [0, 0.1) is 19.3 Å². The highest BCUT2D eigenvalue weighted by Gasteiger charge is 2.52. The van der Waals surface area contributed by atoms with Crippen LogP contribution in [0.15, 0.2) is 36.4 Å². The first-order chi connectivity index (χ1) is 13.4. The number of carbonyl (C=O) groups excluding carboxylic acids is 3. The summed E-state index contributed by atoms with van der Waals surface area (Å²) in [5.74, 6) is -0.496. The molecule has 0 atom stereocenters. The maximum atomic E-state index is 13.0. The highest BCUT2D eigenvalue weighted by molar-refractivity contribution is 6.10. The fourth-order valence-electron chi connectivity index (χ4n) is 4.78. The Morgan fingerprint density at radius 2 is 1.75 bits per heavy atom. The molecule has 1 saturated heterocycles. The van der Waals surface area contributed by atoms with Crippen LogP contribution in [0.4, 0.5) is 0 Å². The molecule has 0 radical (unpaired) electrons. The van der Waals surface area contributed by atoms with Gasteiger partial charge in [0.2, 0.25) is 11.8 Å². The molecule has 28 heavy (non-hydrogen) atoms. The van der Waals surface area contributed by atoms with Gasteiger partial charge in [0.05, 0.1) is 12.0 Å². The molecule has 2 aliphatic rings. The van der Waals surface area contributed by atoms with Crippen molar-refractivity contribution in [2.24, 2.45) is 5.41 Å². The number of benzene rings is 1. The number of aryl methyl sites for hydroxylation is 1. The van der Waals surface area contributed by atoms with E-state index in [2.05, 4.69) is 16.7 Å². The summed E-state index contributed by atoms with van der Waals surface area (Å²) in [5, 5.41) is 0. The lowest BCUT2D eigenvalue weighted by Gasteiger charge is -2.20. The lowest BCUT2D eigenvalue weighted by molar-refractivity contribution is -0.140. The summed E-state index contributed by atoms with van der Waals surface area (Å²) in [6.07, 6.45) is 3.79. The molecular weight excluding hydrogens is 352 g/mol. The summed E-state index contributed by atoms with van der Waals surface area (Å²) >= 11 is 0. The van der Waals surface area contributed by atoms with Gasteiger partial charge in [-0.05, 0) is 38.3 Å². The Morgan fingerprint density at radius 3 is 2.43 bits per heavy atom. The van der Waals surface area contributed by atoms with Gasteiger partial charge in [-0.25, -0.2) is 0 Å². The van der Waals surface area contributed by atoms with Crippen molar-refractivity contribution in [1.82, 2.24) is 9.47 Å². The predicted molar refractivity (Wildman–Crippen MR) is 106 cm³/mol. The Kier molecular flexibility index (Phi) is 4.69. The average molecular weight is 378 g/mol. The number of nitrogens with zero attached hydrogens (tertiary/aromatic N) is 2. The van der Waals surface area contributed by atoms with Crippen molar-refractivity contribution in [2.45, 2.75) is 52.5 Å². The maximum Gasteiger partial charge on any atom is 0.236 e. The van der Waals surface area contributed by atoms with Gasteiger partial charge >= 0.3 is 0 Å². The molecule has 1 aliphatic carbocycles. The highest BCUT2D eigenvalue weighted by atomic mass is 16.2. The lowest BCUT2D eigenvalue weighted by atomic mass is 9.84. The third-order valence-corrected chi connectivity index (χ3v) is 6.41. The zero-order valence-electron chi connectivity index (χ0n) is 16.5. The number of carbonyl (C=O) groups is 3. The van der Waals surface area contributed by atoms with Crippen LogP contribution in [0.5, 0.6) is 0 Å². The number of ketones is 1. The molecule has 0 bridgehead atoms. The van der Waals surface area contributed by atoms with Crippen molar-refractivity contribution in [1.29, 1.82) is 0 Å². The van der Waals surface area contributed by atoms with Gasteiger partial charge in [-0.15, -0.1) is 0 Å². The summed E-state index contributed by atoms with van der Waals surface area (Å²) in [5.41, 5.74) is 3.11. The third kappa shape index (κ3) is 3.09. The number of amides is 2. The fraction of sp³-hybridized carbons (Fsp3) is 0.435. The van der Waals surface area contributed by atoms with E-state index < -0.39 is 5.41 Å². The van der Waals surface area contributed by atoms with Crippen LogP contribution < -0.4 is 0 Å². The standard InChI is InChI=1S/C23H26N2O3/c1-16-12-19(17(2)24(16)14-18-8-4-3-5-9-18)20(26)15-25-21(27)13-23(22(25)28)10-6-7-11-23/h3-5,8-9,12H,6-7,10-11,13-15H2,1-2H3. The first-order valence-corrected chi connectivity index (χ1v) is 10.00. The van der Waals surface area contributed by atoms with E-state index in [0.717, 1.165) is 42.6 Å². The van der Waals surface area contributed by atoms with Crippen LogP contribution in [-0.2, 0) is 16.1 Å². The van der Waals surface area contributed by atoms with E-state index in [4.69, 9.17) is 0 Å². The highest BCUT2D eigenvalue weighted by Crippen LogP contribution is 2.46. The molecule has 4 rings (SSSR count). The minimum atomic E-state index is -0.526. The summed E-state index contributed by atoms with van der Waals surface area (Å²) in [4.78, 5) is 39.5. The second-order valence-electron chi connectivity index (χ2n) is 8.23. The Morgan fingerprint density at radius 1 is 1.07 bits per heavy atom. The Bertz CT molecular complexity index is 936. The van der Waals surface area contributed by atoms with Gasteiger partial charge in [-0.1, -0.05) is 43.2 Å². The molecule has 2 fully saturated rings. The van der Waals surface area contributed by atoms with Crippen LogP contribution in [0.2, 0.25) is 0 Å². The number of likely N-dealkylation sites (tertiary alicyclic amines) is 1. The predicted octanol–water partition coefficient (Wildman–Crippen LogP) is 3.66. The molecule has 2 heterocycles. The van der Waals surface area contributed by atoms with Crippen molar-refractivity contribution in [3.63, 3.8) is 0 Å². The van der Waals surface area contributed by atoms with E-state index in [1.165, 1.54) is 4.90 Å². The summed E-state index contributed by atoms with van der Waals surface area (Å²) in [6.45, 7) is 4.45. The Hall–Kier alpha value is -2.69. The molecule has 2 aromatic rings. The van der Waals surface area contributed by atoms with Gasteiger partial charge in [0, 0.05) is 29.9 Å². The molecule has 1 aromatic carbocycles. The fourth-order valence-corrected chi connectivity index (χ4v) is 4.78. The normalized spacial score (nSPS) is 18.4. The van der Waals surface area contributed by atoms with Gasteiger partial charge in [-0.3, -0.25) is 19.3 Å². The number of aromatic nitrogens is 1. The van der Waals surface area contributed by atoms with Crippen LogP contribution in [0.1, 0.15) is 59.4 Å². The van der Waals surface area contributed by atoms with Crippen molar-refractivity contribution >= 4 is 17.6 Å². The van der Waals surface area contributed by atoms with Crippen molar-refractivity contribution in [2.75, 3.05) is 6.54 Å². The Balaban J connectivity index is 1.53. The molecule has 5 nitrogen and oxygen atoms in total. The van der Waals surface area contributed by atoms with E-state index in [1.54, 1.807) is 0 Å². The molecule has 0 N–H and O–H groups in total. The van der Waals surface area contributed by atoms with E-state index in [-0.39, 0.29) is 30.6 Å². The molecule has 1 aromatic heterocycles. The number of rotatable bonds is 5. The number of imide groups is 1. The molecule has 146 valence electrons. The average Bonchev–Trinajstić information content (AvgIpc) is 3.32. The first kappa shape index (κ1) is 18.7. The monoisotopic (exact) mass is 378 g/mol. The van der Waals surface area contributed by atoms with E-state index in [9.17, 15) is 14.4 Å². The zero-order valence-corrected chi connectivity index (χ0v) is 16.5. The zero-order chi connectivity index (χ0) is 19.9. The topological polar surface area (TPSA) is 59.4 Å². The number of hydrogen-bond acceptors (Lipinski definition) is 3. The summed E-state index contributed by atoms with van der Waals surface area (Å²) < 4.78 is 2.11. The van der Waals surface area contributed by atoms with Gasteiger partial charge < -0.3 is 4.57 Å². The smallest absolute Gasteiger partial charge is 0.236 e. The Labute approximate surface area is 165 Å². The van der Waals surface area contributed by atoms with Crippen LogP contribution in [0.3, 0.4) is 0 Å². The minimum Gasteiger partial charge on any atom is -0.344 e. The minimum absolute atomic E-state index is 0.138. The SMILES string of the molecule is Cc1cc(C(=O)CN2C(=O)CC3(CCCC3)C2=O)c(C)n1Cc1ccccc1. The molecule has 5 heteroatoms.